The Morgan fingerprint density at radius 3 is 2.22 bits per heavy atom. The zero-order valence-electron chi connectivity index (χ0n) is 10.7. The van der Waals surface area contributed by atoms with Crippen molar-refractivity contribution >= 4 is 10.2 Å². The van der Waals surface area contributed by atoms with Gasteiger partial charge >= 0.3 is 0 Å². The summed E-state index contributed by atoms with van der Waals surface area (Å²) in [6.07, 6.45) is 0. The number of nitrogens with zero attached hydrogens (tertiary/aromatic N) is 1. The van der Waals surface area contributed by atoms with Crippen LogP contribution in [0, 0.1) is 11.3 Å². The quantitative estimate of drug-likeness (QED) is 0.862. The average molecular weight is 267 g/mol. The van der Waals surface area contributed by atoms with Gasteiger partial charge < -0.3 is 0 Å². The molecule has 0 atom stereocenters. The van der Waals surface area contributed by atoms with Crippen LogP contribution in [0.25, 0.3) is 0 Å². The molecule has 1 rings (SSSR count). The Labute approximate surface area is 108 Å². The van der Waals surface area contributed by atoms with Crippen LogP contribution in [0.2, 0.25) is 0 Å². The van der Waals surface area contributed by atoms with E-state index < -0.39 is 15.7 Å². The van der Waals surface area contributed by atoms with Crippen LogP contribution in [-0.4, -0.2) is 14.0 Å². The molecule has 0 saturated heterocycles. The first-order chi connectivity index (χ1) is 8.22. The van der Waals surface area contributed by atoms with Gasteiger partial charge in [0.1, 0.15) is 0 Å². The zero-order valence-corrected chi connectivity index (χ0v) is 11.5. The molecule has 0 aliphatic heterocycles. The second-order valence-corrected chi connectivity index (χ2v) is 6.49. The molecule has 0 bridgehead atoms. The SMILES string of the molecule is CC(C)(C)NS(=O)(=O)NCc1ccc(C#N)cc1. The molecule has 0 aliphatic rings. The summed E-state index contributed by atoms with van der Waals surface area (Å²) in [6, 6.07) is 8.75. The Morgan fingerprint density at radius 2 is 1.78 bits per heavy atom. The van der Waals surface area contributed by atoms with E-state index in [0.29, 0.717) is 5.56 Å². The minimum absolute atomic E-state index is 0.192. The standard InChI is InChI=1S/C12H17N3O2S/c1-12(2,3)15-18(16,17)14-9-11-6-4-10(8-13)5-7-11/h4-7,14-15H,9H2,1-3H3. The Morgan fingerprint density at radius 1 is 1.22 bits per heavy atom. The maximum absolute atomic E-state index is 11.7. The summed E-state index contributed by atoms with van der Waals surface area (Å²) in [6.45, 7) is 5.51. The third kappa shape index (κ3) is 5.27. The minimum atomic E-state index is -3.52. The van der Waals surface area contributed by atoms with Crippen LogP contribution in [0.15, 0.2) is 24.3 Å². The lowest BCUT2D eigenvalue weighted by Gasteiger charge is -2.20. The molecule has 2 N–H and O–H groups in total. The summed E-state index contributed by atoms with van der Waals surface area (Å²) >= 11 is 0. The van der Waals surface area contributed by atoms with Crippen molar-refractivity contribution in [2.24, 2.45) is 0 Å². The van der Waals surface area contributed by atoms with Crippen molar-refractivity contribution < 1.29 is 8.42 Å². The van der Waals surface area contributed by atoms with Crippen molar-refractivity contribution in [1.82, 2.24) is 9.44 Å². The smallest absolute Gasteiger partial charge is 0.198 e. The second-order valence-electron chi connectivity index (χ2n) is 4.99. The van der Waals surface area contributed by atoms with Gasteiger partial charge in [-0.1, -0.05) is 12.1 Å². The lowest BCUT2D eigenvalue weighted by molar-refractivity contribution is 0.483. The van der Waals surface area contributed by atoms with Crippen molar-refractivity contribution in [2.45, 2.75) is 32.9 Å². The lowest BCUT2D eigenvalue weighted by atomic mass is 10.1. The molecular formula is C12H17N3O2S. The van der Waals surface area contributed by atoms with E-state index in [2.05, 4.69) is 9.44 Å². The normalized spacial score (nSPS) is 12.1. The van der Waals surface area contributed by atoms with Gasteiger partial charge in [-0.05, 0) is 38.5 Å². The number of hydrogen-bond acceptors (Lipinski definition) is 3. The number of nitriles is 1. The Hall–Kier alpha value is -1.42. The Bertz CT molecular complexity index is 536. The maximum atomic E-state index is 11.7. The van der Waals surface area contributed by atoms with Crippen LogP contribution in [0.1, 0.15) is 31.9 Å². The van der Waals surface area contributed by atoms with E-state index in [1.165, 1.54) is 0 Å². The highest BCUT2D eigenvalue weighted by molar-refractivity contribution is 7.87. The maximum Gasteiger partial charge on any atom is 0.277 e. The molecule has 0 saturated carbocycles. The van der Waals surface area contributed by atoms with Gasteiger partial charge in [0.05, 0.1) is 11.6 Å². The molecule has 0 unspecified atom stereocenters. The third-order valence-electron chi connectivity index (χ3n) is 1.99. The molecule has 0 radical (unpaired) electrons. The molecule has 0 aromatic heterocycles. The second kappa shape index (κ2) is 5.48. The van der Waals surface area contributed by atoms with E-state index in [1.807, 2.05) is 6.07 Å². The summed E-state index contributed by atoms with van der Waals surface area (Å²) in [5, 5.41) is 8.64. The molecule has 0 aliphatic carbocycles. The van der Waals surface area contributed by atoms with Gasteiger partial charge in [-0.25, -0.2) is 0 Å². The third-order valence-corrected chi connectivity index (χ3v) is 3.40. The van der Waals surface area contributed by atoms with Crippen molar-refractivity contribution in [3.63, 3.8) is 0 Å². The van der Waals surface area contributed by atoms with Gasteiger partial charge in [0.25, 0.3) is 10.2 Å². The first kappa shape index (κ1) is 14.6. The largest absolute Gasteiger partial charge is 0.277 e. The fourth-order valence-corrected chi connectivity index (χ4v) is 2.55. The van der Waals surface area contributed by atoms with E-state index in [1.54, 1.807) is 45.0 Å². The molecule has 98 valence electrons. The van der Waals surface area contributed by atoms with Crippen LogP contribution in [0.4, 0.5) is 0 Å². The molecule has 0 heterocycles. The highest BCUT2D eigenvalue weighted by Gasteiger charge is 2.18. The van der Waals surface area contributed by atoms with Crippen LogP contribution in [0.5, 0.6) is 0 Å². The highest BCUT2D eigenvalue weighted by Crippen LogP contribution is 2.04. The Kier molecular flexibility index (Phi) is 4.46. The summed E-state index contributed by atoms with van der Waals surface area (Å²) in [5.41, 5.74) is 0.832. The monoisotopic (exact) mass is 267 g/mol. The fraction of sp³-hybridized carbons (Fsp3) is 0.417. The first-order valence-electron chi connectivity index (χ1n) is 5.49. The molecule has 6 heteroatoms. The predicted octanol–water partition coefficient (Wildman–Crippen LogP) is 1.28. The van der Waals surface area contributed by atoms with E-state index >= 15 is 0 Å². The van der Waals surface area contributed by atoms with Gasteiger partial charge in [0.2, 0.25) is 0 Å². The van der Waals surface area contributed by atoms with Crippen LogP contribution < -0.4 is 9.44 Å². The molecule has 1 aromatic carbocycles. The van der Waals surface area contributed by atoms with Gasteiger partial charge in [0, 0.05) is 12.1 Å². The Balaban J connectivity index is 2.62. The fourth-order valence-electron chi connectivity index (χ4n) is 1.31. The molecule has 1 aromatic rings. The number of hydrogen-bond donors (Lipinski definition) is 2. The molecular weight excluding hydrogens is 250 g/mol. The van der Waals surface area contributed by atoms with Crippen LogP contribution >= 0.6 is 0 Å². The van der Waals surface area contributed by atoms with Gasteiger partial charge in [-0.2, -0.15) is 23.1 Å². The van der Waals surface area contributed by atoms with Crippen molar-refractivity contribution in [3.05, 3.63) is 35.4 Å². The summed E-state index contributed by atoms with van der Waals surface area (Å²) in [4.78, 5) is 0. The number of benzene rings is 1. The molecule has 5 nitrogen and oxygen atoms in total. The first-order valence-corrected chi connectivity index (χ1v) is 6.98. The van der Waals surface area contributed by atoms with Gasteiger partial charge in [0.15, 0.2) is 0 Å². The topological polar surface area (TPSA) is 82.0 Å². The van der Waals surface area contributed by atoms with Crippen molar-refractivity contribution in [3.8, 4) is 6.07 Å². The molecule has 0 fully saturated rings. The van der Waals surface area contributed by atoms with E-state index in [9.17, 15) is 8.42 Å². The summed E-state index contributed by atoms with van der Waals surface area (Å²) < 4.78 is 28.3. The lowest BCUT2D eigenvalue weighted by Crippen LogP contribution is -2.46. The van der Waals surface area contributed by atoms with Crippen molar-refractivity contribution in [2.75, 3.05) is 0 Å². The van der Waals surface area contributed by atoms with Gasteiger partial charge in [-0.15, -0.1) is 0 Å². The summed E-state index contributed by atoms with van der Waals surface area (Å²) in [7, 11) is -3.52. The van der Waals surface area contributed by atoms with Crippen molar-refractivity contribution in [1.29, 1.82) is 5.26 Å². The number of rotatable bonds is 4. The zero-order chi connectivity index (χ0) is 13.8. The molecule has 0 amide bonds. The summed E-state index contributed by atoms with van der Waals surface area (Å²) in [5.74, 6) is 0. The van der Waals surface area contributed by atoms with E-state index in [4.69, 9.17) is 5.26 Å². The van der Waals surface area contributed by atoms with E-state index in [0.717, 1.165) is 5.56 Å². The van der Waals surface area contributed by atoms with E-state index in [-0.39, 0.29) is 6.54 Å². The van der Waals surface area contributed by atoms with Crippen LogP contribution in [-0.2, 0) is 16.8 Å². The molecule has 18 heavy (non-hydrogen) atoms. The highest BCUT2D eigenvalue weighted by atomic mass is 32.2. The molecule has 0 spiro atoms. The van der Waals surface area contributed by atoms with Gasteiger partial charge in [-0.3, -0.25) is 0 Å². The predicted molar refractivity (Wildman–Crippen MR) is 69.8 cm³/mol. The van der Waals surface area contributed by atoms with Crippen LogP contribution in [0.3, 0.4) is 0 Å². The number of nitrogens with one attached hydrogen (secondary N) is 2. The average Bonchev–Trinajstić information content (AvgIpc) is 2.24. The minimum Gasteiger partial charge on any atom is -0.198 e.